The highest BCUT2D eigenvalue weighted by molar-refractivity contribution is 5.82. The van der Waals surface area contributed by atoms with Crippen LogP contribution in [0.2, 0.25) is 0 Å². The third-order valence-electron chi connectivity index (χ3n) is 5.42. The van der Waals surface area contributed by atoms with Gasteiger partial charge in [-0.15, -0.1) is 0 Å². The van der Waals surface area contributed by atoms with E-state index in [9.17, 15) is 13.2 Å². The van der Waals surface area contributed by atoms with E-state index >= 15 is 0 Å². The van der Waals surface area contributed by atoms with E-state index in [1.165, 1.54) is 0 Å². The fourth-order valence-corrected chi connectivity index (χ4v) is 3.68. The van der Waals surface area contributed by atoms with Crippen LogP contribution in [-0.2, 0) is 19.2 Å². The van der Waals surface area contributed by atoms with Gasteiger partial charge in [-0.2, -0.15) is 13.2 Å². The number of hydrogen-bond acceptors (Lipinski definition) is 4. The molecule has 4 nitrogen and oxygen atoms in total. The molecule has 156 valence electrons. The second-order valence-corrected chi connectivity index (χ2v) is 7.56. The lowest BCUT2D eigenvalue weighted by Gasteiger charge is -2.13. The lowest BCUT2D eigenvalue weighted by Crippen LogP contribution is -2.10. The number of aromatic nitrogens is 1. The fourth-order valence-electron chi connectivity index (χ4n) is 3.68. The average Bonchev–Trinajstić information content (AvgIpc) is 3.50. The van der Waals surface area contributed by atoms with Crippen LogP contribution >= 0.6 is 0 Å². The number of allylic oxidation sites excluding steroid dienone is 1. The number of ether oxygens (including phenoxy) is 1. The van der Waals surface area contributed by atoms with Gasteiger partial charge in [0.1, 0.15) is 18.1 Å². The molecule has 2 atom stereocenters. The Bertz CT molecular complexity index is 1060. The van der Waals surface area contributed by atoms with Crippen molar-refractivity contribution in [3.05, 3.63) is 83.7 Å². The van der Waals surface area contributed by atoms with Crippen LogP contribution in [0.3, 0.4) is 0 Å². The van der Waals surface area contributed by atoms with Crippen molar-refractivity contribution in [3.8, 4) is 5.75 Å². The molecule has 1 heterocycles. The van der Waals surface area contributed by atoms with Gasteiger partial charge in [-0.1, -0.05) is 36.9 Å². The minimum atomic E-state index is -4.52. The summed E-state index contributed by atoms with van der Waals surface area (Å²) in [5.74, 6) is 1.32. The van der Waals surface area contributed by atoms with Crippen molar-refractivity contribution < 1.29 is 23.1 Å². The first-order chi connectivity index (χ1) is 14.3. The number of nitrogens with one attached hydrogen (secondary N) is 1. The predicted molar refractivity (Wildman–Crippen MR) is 107 cm³/mol. The largest absolute Gasteiger partial charge is 0.489 e. The van der Waals surface area contributed by atoms with Crippen molar-refractivity contribution in [2.45, 2.75) is 25.6 Å². The van der Waals surface area contributed by atoms with Gasteiger partial charge < -0.3 is 4.74 Å². The van der Waals surface area contributed by atoms with Crippen molar-refractivity contribution >= 4 is 10.9 Å². The Morgan fingerprint density at radius 2 is 1.90 bits per heavy atom. The third kappa shape index (κ3) is 4.41. The number of pyridine rings is 1. The molecule has 3 aromatic rings. The SMILES string of the molecule is C=C(NO)C1CC1Cc1ccc(OCc2cc(C(F)(F)F)nc3ccccc23)cc1. The van der Waals surface area contributed by atoms with Crippen LogP contribution < -0.4 is 10.2 Å². The molecule has 1 saturated carbocycles. The van der Waals surface area contributed by atoms with Crippen LogP contribution in [0.4, 0.5) is 13.2 Å². The molecule has 2 aromatic carbocycles. The summed E-state index contributed by atoms with van der Waals surface area (Å²) in [6.07, 6.45) is -2.66. The Morgan fingerprint density at radius 1 is 1.17 bits per heavy atom. The summed E-state index contributed by atoms with van der Waals surface area (Å²) in [4.78, 5) is 3.72. The van der Waals surface area contributed by atoms with Crippen molar-refractivity contribution in [2.24, 2.45) is 11.8 Å². The van der Waals surface area contributed by atoms with Crippen LogP contribution in [0.5, 0.6) is 5.75 Å². The third-order valence-corrected chi connectivity index (χ3v) is 5.42. The lowest BCUT2D eigenvalue weighted by molar-refractivity contribution is -0.141. The van der Waals surface area contributed by atoms with Crippen LogP contribution in [0.25, 0.3) is 10.9 Å². The molecule has 0 bridgehead atoms. The first kappa shape index (κ1) is 20.2. The van der Waals surface area contributed by atoms with Crippen LogP contribution in [0.1, 0.15) is 23.2 Å². The molecule has 0 radical (unpaired) electrons. The zero-order valence-corrected chi connectivity index (χ0v) is 16.1. The van der Waals surface area contributed by atoms with Crippen LogP contribution in [-0.4, -0.2) is 10.2 Å². The van der Waals surface area contributed by atoms with Gasteiger partial charge in [-0.3, -0.25) is 10.7 Å². The van der Waals surface area contributed by atoms with Crippen molar-refractivity contribution in [1.29, 1.82) is 0 Å². The Labute approximate surface area is 172 Å². The normalized spacial score (nSPS) is 18.3. The van der Waals surface area contributed by atoms with Crippen LogP contribution in [0, 0.1) is 11.8 Å². The number of hydrogen-bond donors (Lipinski definition) is 2. The van der Waals surface area contributed by atoms with Crippen molar-refractivity contribution in [1.82, 2.24) is 10.5 Å². The Morgan fingerprint density at radius 3 is 2.60 bits per heavy atom. The minimum Gasteiger partial charge on any atom is -0.489 e. The van der Waals surface area contributed by atoms with E-state index in [0.29, 0.717) is 33.8 Å². The molecule has 4 rings (SSSR count). The molecule has 0 amide bonds. The smallest absolute Gasteiger partial charge is 0.433 e. The van der Waals surface area contributed by atoms with Gasteiger partial charge in [-0.25, -0.2) is 4.98 Å². The van der Waals surface area contributed by atoms with E-state index in [2.05, 4.69) is 17.0 Å². The molecule has 2 N–H and O–H groups in total. The monoisotopic (exact) mass is 414 g/mol. The van der Waals surface area contributed by atoms with E-state index in [1.807, 2.05) is 24.3 Å². The van der Waals surface area contributed by atoms with Gasteiger partial charge in [0.2, 0.25) is 0 Å². The standard InChI is InChI=1S/C23H21F3N2O2/c1-14(28-29)20-11-16(20)10-15-6-8-18(9-7-15)30-13-17-12-22(23(24,25)26)27-21-5-3-2-4-19(17)21/h2-9,12,16,20,28-29H,1,10-11,13H2. The molecule has 1 aliphatic rings. The zero-order valence-electron chi connectivity index (χ0n) is 16.1. The molecule has 1 fully saturated rings. The summed E-state index contributed by atoms with van der Waals surface area (Å²) in [5, 5.41) is 9.55. The summed E-state index contributed by atoms with van der Waals surface area (Å²) in [6, 6.07) is 15.3. The van der Waals surface area contributed by atoms with E-state index < -0.39 is 11.9 Å². The lowest BCUT2D eigenvalue weighted by atomic mass is 10.1. The number of para-hydroxylation sites is 1. The van der Waals surface area contributed by atoms with E-state index in [-0.39, 0.29) is 12.5 Å². The molecular weight excluding hydrogens is 393 g/mol. The number of benzene rings is 2. The highest BCUT2D eigenvalue weighted by atomic mass is 19.4. The second kappa shape index (κ2) is 7.99. The molecule has 0 aliphatic heterocycles. The van der Waals surface area contributed by atoms with Gasteiger partial charge in [0.25, 0.3) is 0 Å². The Hall–Kier alpha value is -3.06. The Kier molecular flexibility index (Phi) is 5.39. The quantitative estimate of drug-likeness (QED) is 0.501. The molecule has 1 aromatic heterocycles. The molecule has 30 heavy (non-hydrogen) atoms. The summed E-state index contributed by atoms with van der Waals surface area (Å²) >= 11 is 0. The molecule has 2 unspecified atom stereocenters. The maximum atomic E-state index is 13.2. The van der Waals surface area contributed by atoms with E-state index in [0.717, 1.165) is 24.5 Å². The predicted octanol–water partition coefficient (Wildman–Crippen LogP) is 5.50. The maximum Gasteiger partial charge on any atom is 0.433 e. The average molecular weight is 414 g/mol. The fraction of sp³-hybridized carbons (Fsp3) is 0.261. The molecular formula is C23H21F3N2O2. The molecule has 1 aliphatic carbocycles. The van der Waals surface area contributed by atoms with Gasteiger partial charge in [0, 0.05) is 22.6 Å². The summed E-state index contributed by atoms with van der Waals surface area (Å²) in [5.41, 5.74) is 3.70. The van der Waals surface area contributed by atoms with Gasteiger partial charge in [0.15, 0.2) is 0 Å². The number of alkyl halides is 3. The van der Waals surface area contributed by atoms with Gasteiger partial charge >= 0.3 is 6.18 Å². The summed E-state index contributed by atoms with van der Waals surface area (Å²) in [7, 11) is 0. The van der Waals surface area contributed by atoms with Crippen molar-refractivity contribution in [2.75, 3.05) is 0 Å². The van der Waals surface area contributed by atoms with E-state index in [4.69, 9.17) is 9.94 Å². The number of rotatable bonds is 7. The zero-order chi connectivity index (χ0) is 21.3. The van der Waals surface area contributed by atoms with Crippen LogP contribution in [0.15, 0.2) is 66.9 Å². The highest BCUT2D eigenvalue weighted by Crippen LogP contribution is 2.44. The second-order valence-electron chi connectivity index (χ2n) is 7.56. The Balaban J connectivity index is 1.45. The highest BCUT2D eigenvalue weighted by Gasteiger charge is 2.39. The molecule has 0 saturated heterocycles. The van der Waals surface area contributed by atoms with Gasteiger partial charge in [-0.05, 0) is 48.6 Å². The first-order valence-electron chi connectivity index (χ1n) is 9.61. The number of fused-ring (bicyclic) bond motifs is 1. The summed E-state index contributed by atoms with van der Waals surface area (Å²) < 4.78 is 45.3. The molecule has 0 spiro atoms. The summed E-state index contributed by atoms with van der Waals surface area (Å²) in [6.45, 7) is 3.79. The number of halogens is 3. The molecule has 7 heteroatoms. The maximum absolute atomic E-state index is 13.2. The first-order valence-corrected chi connectivity index (χ1v) is 9.61. The van der Waals surface area contributed by atoms with Gasteiger partial charge in [0.05, 0.1) is 5.52 Å². The van der Waals surface area contributed by atoms with Crippen molar-refractivity contribution in [3.63, 3.8) is 0 Å². The van der Waals surface area contributed by atoms with E-state index in [1.54, 1.807) is 24.3 Å². The minimum absolute atomic E-state index is 0.0121. The number of hydroxylamine groups is 1. The number of nitrogens with zero attached hydrogens (tertiary/aromatic N) is 1. The topological polar surface area (TPSA) is 54.4 Å².